The Kier molecular flexibility index (Phi) is 2.49. The lowest BCUT2D eigenvalue weighted by Gasteiger charge is -2.48. The lowest BCUT2D eigenvalue weighted by atomic mass is 9.73. The van der Waals surface area contributed by atoms with Crippen molar-refractivity contribution in [2.75, 3.05) is 26.7 Å². The Labute approximate surface area is 84.8 Å². The monoisotopic (exact) mass is 197 g/mol. The number of amides is 1. The number of likely N-dealkylation sites (N-methyl/N-ethyl adjacent to an activating group) is 1. The van der Waals surface area contributed by atoms with Crippen molar-refractivity contribution in [3.8, 4) is 0 Å². The van der Waals surface area contributed by atoms with E-state index in [1.807, 2.05) is 7.05 Å². The Balaban J connectivity index is 2.21. The lowest BCUT2D eigenvalue weighted by Crippen LogP contribution is -2.66. The number of nitrogens with one attached hydrogen (secondary N) is 1. The topological polar surface area (TPSA) is 58.4 Å². The summed E-state index contributed by atoms with van der Waals surface area (Å²) >= 11 is 0. The highest BCUT2D eigenvalue weighted by molar-refractivity contribution is 5.85. The van der Waals surface area contributed by atoms with Crippen LogP contribution in [0.5, 0.6) is 0 Å². The molecule has 3 N–H and O–H groups in total. The molecule has 3 atom stereocenters. The maximum Gasteiger partial charge on any atom is 0.238 e. The summed E-state index contributed by atoms with van der Waals surface area (Å²) in [5.74, 6) is 0.235. The first kappa shape index (κ1) is 9.93. The van der Waals surface area contributed by atoms with Crippen LogP contribution >= 0.6 is 0 Å². The van der Waals surface area contributed by atoms with E-state index in [1.54, 1.807) is 0 Å². The summed E-state index contributed by atoms with van der Waals surface area (Å²) < 4.78 is 0. The molecule has 0 saturated carbocycles. The van der Waals surface area contributed by atoms with Crippen LogP contribution in [-0.2, 0) is 4.79 Å². The molecule has 4 heteroatoms. The van der Waals surface area contributed by atoms with Crippen molar-refractivity contribution in [2.24, 2.45) is 11.7 Å². The summed E-state index contributed by atoms with van der Waals surface area (Å²) in [6.45, 7) is 3.22. The molecule has 2 fully saturated rings. The van der Waals surface area contributed by atoms with Gasteiger partial charge in [-0.15, -0.1) is 0 Å². The smallest absolute Gasteiger partial charge is 0.238 e. The van der Waals surface area contributed by atoms with E-state index >= 15 is 0 Å². The molecule has 2 rings (SSSR count). The summed E-state index contributed by atoms with van der Waals surface area (Å²) in [5, 5.41) is 3.17. The summed E-state index contributed by atoms with van der Waals surface area (Å²) in [5.41, 5.74) is 5.09. The molecule has 0 aromatic heterocycles. The molecule has 2 heterocycles. The van der Waals surface area contributed by atoms with Gasteiger partial charge in [0.05, 0.1) is 0 Å². The van der Waals surface area contributed by atoms with Crippen molar-refractivity contribution in [1.29, 1.82) is 0 Å². The summed E-state index contributed by atoms with van der Waals surface area (Å²) in [6.07, 6.45) is 3.19. The first-order chi connectivity index (χ1) is 6.69. The number of carbonyl (C=O) groups excluding carboxylic acids is 1. The molecule has 1 amide bonds. The largest absolute Gasteiger partial charge is 0.368 e. The van der Waals surface area contributed by atoms with Gasteiger partial charge < -0.3 is 16.0 Å². The predicted octanol–water partition coefficient (Wildman–Crippen LogP) is -0.454. The minimum absolute atomic E-state index is 0.174. The Morgan fingerprint density at radius 3 is 3.00 bits per heavy atom. The number of rotatable bonds is 2. The molecule has 14 heavy (non-hydrogen) atoms. The average molecular weight is 197 g/mol. The molecule has 2 aliphatic rings. The van der Waals surface area contributed by atoms with Crippen LogP contribution in [0.2, 0.25) is 0 Å². The van der Waals surface area contributed by atoms with Crippen LogP contribution in [-0.4, -0.2) is 43.0 Å². The highest BCUT2D eigenvalue weighted by Gasteiger charge is 2.47. The quantitative estimate of drug-likeness (QED) is 0.630. The van der Waals surface area contributed by atoms with Crippen molar-refractivity contribution in [2.45, 2.75) is 24.8 Å². The number of nitrogens with two attached hydrogens (primary N) is 1. The second-order valence-corrected chi connectivity index (χ2v) is 4.48. The summed E-state index contributed by atoms with van der Waals surface area (Å²) in [7, 11) is 1.86. The molecule has 2 aliphatic heterocycles. The van der Waals surface area contributed by atoms with E-state index in [0.29, 0.717) is 5.92 Å². The van der Waals surface area contributed by atoms with Gasteiger partial charge in [-0.1, -0.05) is 0 Å². The number of hydrogen-bond donors (Lipinski definition) is 2. The molecule has 80 valence electrons. The average Bonchev–Trinajstić information content (AvgIpc) is 2.19. The molecule has 0 aliphatic carbocycles. The summed E-state index contributed by atoms with van der Waals surface area (Å²) in [4.78, 5) is 14.0. The summed E-state index contributed by atoms with van der Waals surface area (Å²) in [6, 6.07) is 0. The zero-order valence-electron chi connectivity index (χ0n) is 8.75. The van der Waals surface area contributed by atoms with Gasteiger partial charge in [0.25, 0.3) is 0 Å². The third kappa shape index (κ3) is 1.33. The van der Waals surface area contributed by atoms with Crippen molar-refractivity contribution in [3.63, 3.8) is 0 Å². The van der Waals surface area contributed by atoms with Crippen LogP contribution in [0.1, 0.15) is 19.3 Å². The molecule has 0 spiro atoms. The van der Waals surface area contributed by atoms with Crippen LogP contribution in [0.15, 0.2) is 0 Å². The molecule has 2 bridgehead atoms. The minimum atomic E-state index is -0.434. The third-order valence-corrected chi connectivity index (χ3v) is 3.91. The van der Waals surface area contributed by atoms with Crippen LogP contribution in [0.4, 0.5) is 0 Å². The van der Waals surface area contributed by atoms with E-state index in [2.05, 4.69) is 10.2 Å². The van der Waals surface area contributed by atoms with Gasteiger partial charge in [0.15, 0.2) is 0 Å². The van der Waals surface area contributed by atoms with Gasteiger partial charge in [0.2, 0.25) is 5.91 Å². The fourth-order valence-electron chi connectivity index (χ4n) is 2.98. The van der Waals surface area contributed by atoms with E-state index < -0.39 is 5.54 Å². The van der Waals surface area contributed by atoms with Gasteiger partial charge in [0.1, 0.15) is 5.54 Å². The van der Waals surface area contributed by atoms with Crippen molar-refractivity contribution in [3.05, 3.63) is 0 Å². The molecule has 4 nitrogen and oxygen atoms in total. The minimum Gasteiger partial charge on any atom is -0.368 e. The number of primary amides is 1. The van der Waals surface area contributed by atoms with Crippen LogP contribution < -0.4 is 11.1 Å². The van der Waals surface area contributed by atoms with Gasteiger partial charge in [-0.25, -0.2) is 0 Å². The van der Waals surface area contributed by atoms with E-state index in [-0.39, 0.29) is 5.91 Å². The van der Waals surface area contributed by atoms with Crippen LogP contribution in [0.3, 0.4) is 0 Å². The highest BCUT2D eigenvalue weighted by atomic mass is 16.1. The van der Waals surface area contributed by atoms with Gasteiger partial charge in [-0.3, -0.25) is 4.79 Å². The standard InChI is InChI=1S/C10H19N3O/c1-12-10(9(11)14)4-6-13-5-2-3-8(10)7-13/h8,12H,2-7H2,1H3,(H2,11,14). The Morgan fingerprint density at radius 2 is 2.36 bits per heavy atom. The Hall–Kier alpha value is -0.610. The molecule has 3 unspecified atom stereocenters. The van der Waals surface area contributed by atoms with Gasteiger partial charge in [-0.05, 0) is 38.8 Å². The van der Waals surface area contributed by atoms with Crippen molar-refractivity contribution >= 4 is 5.91 Å². The molecule has 0 radical (unpaired) electrons. The normalized spacial score (nSPS) is 42.1. The highest BCUT2D eigenvalue weighted by Crippen LogP contribution is 2.34. The fourth-order valence-corrected chi connectivity index (χ4v) is 2.98. The molecule has 0 aromatic carbocycles. The number of piperidine rings is 2. The zero-order valence-corrected chi connectivity index (χ0v) is 8.75. The SMILES string of the molecule is CNC1(C(N)=O)CCN2CCCC1C2. The molecule has 2 saturated heterocycles. The van der Waals surface area contributed by atoms with Gasteiger partial charge >= 0.3 is 0 Å². The fraction of sp³-hybridized carbons (Fsp3) is 0.900. The first-order valence-electron chi connectivity index (χ1n) is 5.40. The van der Waals surface area contributed by atoms with E-state index in [1.165, 1.54) is 13.0 Å². The van der Waals surface area contributed by atoms with E-state index in [0.717, 1.165) is 25.9 Å². The number of carbonyl (C=O) groups is 1. The third-order valence-electron chi connectivity index (χ3n) is 3.91. The van der Waals surface area contributed by atoms with Crippen LogP contribution in [0.25, 0.3) is 0 Å². The van der Waals surface area contributed by atoms with Gasteiger partial charge in [0, 0.05) is 13.1 Å². The number of hydrogen-bond acceptors (Lipinski definition) is 3. The Bertz CT molecular complexity index is 244. The molecular weight excluding hydrogens is 178 g/mol. The lowest BCUT2D eigenvalue weighted by molar-refractivity contribution is -0.130. The van der Waals surface area contributed by atoms with Crippen molar-refractivity contribution in [1.82, 2.24) is 10.2 Å². The van der Waals surface area contributed by atoms with E-state index in [9.17, 15) is 4.79 Å². The maximum atomic E-state index is 11.5. The van der Waals surface area contributed by atoms with E-state index in [4.69, 9.17) is 5.73 Å². The molecular formula is C10H19N3O. The number of nitrogens with zero attached hydrogens (tertiary/aromatic N) is 1. The van der Waals surface area contributed by atoms with Crippen molar-refractivity contribution < 1.29 is 4.79 Å². The van der Waals surface area contributed by atoms with Gasteiger partial charge in [-0.2, -0.15) is 0 Å². The second kappa shape index (κ2) is 3.51. The maximum absolute atomic E-state index is 11.5. The Morgan fingerprint density at radius 1 is 1.57 bits per heavy atom. The van der Waals surface area contributed by atoms with Crippen LogP contribution in [0, 0.1) is 5.92 Å². The number of fused-ring (bicyclic) bond motifs is 2. The predicted molar refractivity (Wildman–Crippen MR) is 54.8 cm³/mol. The first-order valence-corrected chi connectivity index (χ1v) is 5.40. The second-order valence-electron chi connectivity index (χ2n) is 4.48. The molecule has 0 aromatic rings. The zero-order chi connectivity index (χ0) is 10.2.